The van der Waals surface area contributed by atoms with E-state index in [-0.39, 0.29) is 23.8 Å². The molecule has 0 radical (unpaired) electrons. The van der Waals surface area contributed by atoms with Crippen LogP contribution in [0.3, 0.4) is 0 Å². The number of halogens is 1. The second-order valence-corrected chi connectivity index (χ2v) is 6.89. The molecule has 0 spiro atoms. The minimum Gasteiger partial charge on any atom is -0.378 e. The lowest BCUT2D eigenvalue weighted by atomic mass is 9.90. The Morgan fingerprint density at radius 2 is 1.74 bits per heavy atom. The molecular weight excluding hydrogens is 339 g/mol. The highest BCUT2D eigenvalue weighted by Gasteiger charge is 2.34. The number of rotatable bonds is 3. The third kappa shape index (κ3) is 3.43. The summed E-state index contributed by atoms with van der Waals surface area (Å²) < 4.78 is 13.6. The number of para-hydroxylation sites is 1. The van der Waals surface area contributed by atoms with Gasteiger partial charge in [0.2, 0.25) is 0 Å². The van der Waals surface area contributed by atoms with E-state index < -0.39 is 0 Å². The van der Waals surface area contributed by atoms with Crippen molar-refractivity contribution in [2.24, 2.45) is 0 Å². The van der Waals surface area contributed by atoms with Crippen LogP contribution < -0.4 is 10.2 Å². The van der Waals surface area contributed by atoms with E-state index >= 15 is 0 Å². The number of fused-ring (bicyclic) bond motifs is 1. The van der Waals surface area contributed by atoms with E-state index in [1.807, 2.05) is 65.6 Å². The first-order chi connectivity index (χ1) is 13.1. The molecule has 1 heterocycles. The van der Waals surface area contributed by atoms with Gasteiger partial charge in [-0.3, -0.25) is 4.79 Å². The molecule has 2 atom stereocenters. The lowest BCUT2D eigenvalue weighted by Crippen LogP contribution is -2.44. The number of carbonyl (C=O) groups is 1. The quantitative estimate of drug-likeness (QED) is 0.676. The molecule has 3 aromatic carbocycles. The third-order valence-corrected chi connectivity index (χ3v) is 4.99. The van der Waals surface area contributed by atoms with Crippen molar-refractivity contribution >= 4 is 17.3 Å². The van der Waals surface area contributed by atoms with Gasteiger partial charge in [0.25, 0.3) is 5.91 Å². The SMILES string of the molecule is C[C@H]1C[C@H](Nc2cccc(F)c2)c2ccccc2N1C(=O)c1ccccc1. The van der Waals surface area contributed by atoms with Crippen molar-refractivity contribution in [1.82, 2.24) is 0 Å². The van der Waals surface area contributed by atoms with Crippen LogP contribution in [-0.4, -0.2) is 11.9 Å². The summed E-state index contributed by atoms with van der Waals surface area (Å²) in [7, 11) is 0. The molecule has 3 nitrogen and oxygen atoms in total. The maximum atomic E-state index is 13.6. The molecule has 1 aliphatic rings. The van der Waals surface area contributed by atoms with Crippen molar-refractivity contribution in [2.75, 3.05) is 10.2 Å². The maximum Gasteiger partial charge on any atom is 0.258 e. The van der Waals surface area contributed by atoms with Crippen LogP contribution in [0.2, 0.25) is 0 Å². The Balaban J connectivity index is 1.69. The van der Waals surface area contributed by atoms with E-state index in [0.717, 1.165) is 23.4 Å². The summed E-state index contributed by atoms with van der Waals surface area (Å²) in [6.45, 7) is 2.05. The molecular formula is C23H21FN2O. The zero-order valence-electron chi connectivity index (χ0n) is 15.1. The number of amides is 1. The van der Waals surface area contributed by atoms with Gasteiger partial charge in [0.05, 0.1) is 6.04 Å². The fourth-order valence-corrected chi connectivity index (χ4v) is 3.76. The zero-order chi connectivity index (χ0) is 18.8. The fourth-order valence-electron chi connectivity index (χ4n) is 3.76. The molecule has 27 heavy (non-hydrogen) atoms. The molecule has 0 unspecified atom stereocenters. The molecule has 0 saturated carbocycles. The van der Waals surface area contributed by atoms with Gasteiger partial charge in [0, 0.05) is 23.0 Å². The summed E-state index contributed by atoms with van der Waals surface area (Å²) >= 11 is 0. The molecule has 1 N–H and O–H groups in total. The Bertz CT molecular complexity index is 957. The van der Waals surface area contributed by atoms with Crippen molar-refractivity contribution in [3.05, 3.63) is 95.8 Å². The zero-order valence-corrected chi connectivity index (χ0v) is 15.1. The normalized spacial score (nSPS) is 18.7. The van der Waals surface area contributed by atoms with Gasteiger partial charge in [-0.1, -0.05) is 42.5 Å². The largest absolute Gasteiger partial charge is 0.378 e. The molecule has 4 rings (SSSR count). The molecule has 0 aromatic heterocycles. The van der Waals surface area contributed by atoms with Crippen LogP contribution in [0.15, 0.2) is 78.9 Å². The average Bonchev–Trinajstić information content (AvgIpc) is 2.68. The maximum absolute atomic E-state index is 13.6. The molecule has 0 bridgehead atoms. The fraction of sp³-hybridized carbons (Fsp3) is 0.174. The Kier molecular flexibility index (Phi) is 4.63. The third-order valence-electron chi connectivity index (χ3n) is 4.99. The Labute approximate surface area is 158 Å². The van der Waals surface area contributed by atoms with E-state index in [1.54, 1.807) is 6.07 Å². The lowest BCUT2D eigenvalue weighted by molar-refractivity contribution is 0.0974. The van der Waals surface area contributed by atoms with Crippen LogP contribution in [0.4, 0.5) is 15.8 Å². The minimum atomic E-state index is -0.266. The van der Waals surface area contributed by atoms with Crippen molar-refractivity contribution < 1.29 is 9.18 Å². The van der Waals surface area contributed by atoms with E-state index in [2.05, 4.69) is 12.2 Å². The van der Waals surface area contributed by atoms with Crippen molar-refractivity contribution in [1.29, 1.82) is 0 Å². The highest BCUT2D eigenvalue weighted by molar-refractivity contribution is 6.07. The van der Waals surface area contributed by atoms with Crippen LogP contribution in [0, 0.1) is 5.82 Å². The van der Waals surface area contributed by atoms with Crippen molar-refractivity contribution in [3.8, 4) is 0 Å². The topological polar surface area (TPSA) is 32.3 Å². The number of benzene rings is 3. The minimum absolute atomic E-state index is 0.000226. The predicted octanol–water partition coefficient (Wildman–Crippen LogP) is 5.42. The molecule has 136 valence electrons. The number of carbonyl (C=O) groups excluding carboxylic acids is 1. The van der Waals surface area contributed by atoms with Gasteiger partial charge in [-0.25, -0.2) is 4.39 Å². The van der Waals surface area contributed by atoms with Crippen LogP contribution in [0.1, 0.15) is 35.3 Å². The number of hydrogen-bond donors (Lipinski definition) is 1. The molecule has 0 fully saturated rings. The summed E-state index contributed by atoms with van der Waals surface area (Å²) in [6.07, 6.45) is 0.742. The summed E-state index contributed by atoms with van der Waals surface area (Å²) in [4.78, 5) is 15.0. The first kappa shape index (κ1) is 17.3. The van der Waals surface area contributed by atoms with Gasteiger partial charge < -0.3 is 10.2 Å². The highest BCUT2D eigenvalue weighted by Crippen LogP contribution is 2.39. The summed E-state index contributed by atoms with van der Waals surface area (Å²) in [5, 5.41) is 3.43. The molecule has 1 aliphatic heterocycles. The van der Waals surface area contributed by atoms with Gasteiger partial charge in [0.15, 0.2) is 0 Å². The Morgan fingerprint density at radius 3 is 2.52 bits per heavy atom. The molecule has 1 amide bonds. The Morgan fingerprint density at radius 1 is 1.00 bits per heavy atom. The van der Waals surface area contributed by atoms with E-state index in [1.165, 1.54) is 12.1 Å². The lowest BCUT2D eigenvalue weighted by Gasteiger charge is -2.40. The second-order valence-electron chi connectivity index (χ2n) is 6.89. The second kappa shape index (κ2) is 7.23. The van der Waals surface area contributed by atoms with Gasteiger partial charge in [-0.15, -0.1) is 0 Å². The number of nitrogens with zero attached hydrogens (tertiary/aromatic N) is 1. The first-order valence-electron chi connectivity index (χ1n) is 9.13. The van der Waals surface area contributed by atoms with Crippen molar-refractivity contribution in [3.63, 3.8) is 0 Å². The van der Waals surface area contributed by atoms with Gasteiger partial charge >= 0.3 is 0 Å². The van der Waals surface area contributed by atoms with E-state index in [0.29, 0.717) is 5.56 Å². The summed E-state index contributed by atoms with van der Waals surface area (Å²) in [5.74, 6) is -0.266. The van der Waals surface area contributed by atoms with Gasteiger partial charge in [-0.05, 0) is 55.3 Å². The Hall–Kier alpha value is -3.14. The molecule has 4 heteroatoms. The standard InChI is InChI=1S/C23H21FN2O/c1-16-14-21(25-19-11-7-10-18(24)15-19)20-12-5-6-13-22(20)26(16)23(27)17-8-3-2-4-9-17/h2-13,15-16,21,25H,14H2,1H3/t16-,21-/m0/s1. The van der Waals surface area contributed by atoms with Gasteiger partial charge in [0.1, 0.15) is 5.82 Å². The number of anilines is 2. The average molecular weight is 360 g/mol. The molecule has 3 aromatic rings. The van der Waals surface area contributed by atoms with E-state index in [9.17, 15) is 9.18 Å². The van der Waals surface area contributed by atoms with Crippen LogP contribution in [-0.2, 0) is 0 Å². The van der Waals surface area contributed by atoms with Crippen molar-refractivity contribution in [2.45, 2.75) is 25.4 Å². The monoisotopic (exact) mass is 360 g/mol. The molecule has 0 saturated heterocycles. The van der Waals surface area contributed by atoms with Crippen LogP contribution >= 0.6 is 0 Å². The molecule has 0 aliphatic carbocycles. The summed E-state index contributed by atoms with van der Waals surface area (Å²) in [6, 6.07) is 23.8. The first-order valence-corrected chi connectivity index (χ1v) is 9.13. The number of hydrogen-bond acceptors (Lipinski definition) is 2. The van der Waals surface area contributed by atoms with Crippen LogP contribution in [0.5, 0.6) is 0 Å². The highest BCUT2D eigenvalue weighted by atomic mass is 19.1. The van der Waals surface area contributed by atoms with E-state index in [4.69, 9.17) is 0 Å². The van der Waals surface area contributed by atoms with Gasteiger partial charge in [-0.2, -0.15) is 0 Å². The number of nitrogens with one attached hydrogen (secondary N) is 1. The predicted molar refractivity (Wildman–Crippen MR) is 107 cm³/mol. The smallest absolute Gasteiger partial charge is 0.258 e. The summed E-state index contributed by atoms with van der Waals surface area (Å²) in [5.41, 5.74) is 3.36. The van der Waals surface area contributed by atoms with Crippen LogP contribution in [0.25, 0.3) is 0 Å².